The first-order valence-electron chi connectivity index (χ1n) is 2.94. The smallest absolute Gasteiger partial charge is 0.110 e. The summed E-state index contributed by atoms with van der Waals surface area (Å²) in [5.41, 5.74) is 0.928. The molecule has 10 heavy (non-hydrogen) atoms. The summed E-state index contributed by atoms with van der Waals surface area (Å²) in [6.07, 6.45) is 1.80. The molecule has 0 unspecified atom stereocenters. The number of fused-ring (bicyclic) bond motifs is 1. The lowest BCUT2D eigenvalue weighted by atomic mass is 10.2. The Kier molecular flexibility index (Phi) is 0.943. The van der Waals surface area contributed by atoms with Crippen molar-refractivity contribution in [2.24, 2.45) is 0 Å². The van der Waals surface area contributed by atoms with Gasteiger partial charge in [-0.25, -0.2) is 0 Å². The minimum atomic E-state index is 0.688. The van der Waals surface area contributed by atoms with E-state index in [1.54, 1.807) is 6.08 Å². The van der Waals surface area contributed by atoms with Crippen molar-refractivity contribution >= 4 is 0 Å². The van der Waals surface area contributed by atoms with E-state index in [2.05, 4.69) is 35.6 Å². The predicted molar refractivity (Wildman–Crippen MR) is 38.1 cm³/mol. The van der Waals surface area contributed by atoms with Crippen LogP contribution in [0, 0.1) is 35.6 Å². The number of nitrogens with zero attached hydrogens (tertiary/aromatic N) is 1. The van der Waals surface area contributed by atoms with Crippen LogP contribution in [0.25, 0.3) is 0 Å². The van der Waals surface area contributed by atoms with E-state index in [0.29, 0.717) is 6.54 Å². The summed E-state index contributed by atoms with van der Waals surface area (Å²) in [7, 11) is 0. The Bertz CT molecular complexity index is 368. The Morgan fingerprint density at radius 2 is 2.40 bits per heavy atom. The fraction of sp³-hybridized carbons (Fsp3) is 0.111. The fourth-order valence-electron chi connectivity index (χ4n) is 0.801. The van der Waals surface area contributed by atoms with Gasteiger partial charge in [-0.05, 0) is 11.8 Å². The van der Waals surface area contributed by atoms with Crippen LogP contribution < -0.4 is 0 Å². The summed E-state index contributed by atoms with van der Waals surface area (Å²) in [5.74, 6) is 14.0. The molecule has 1 heteroatoms. The summed E-state index contributed by atoms with van der Waals surface area (Å²) in [4.78, 5) is 1.85. The summed E-state index contributed by atoms with van der Waals surface area (Å²) in [6, 6.07) is 2.86. The molecule has 2 rings (SSSR count). The second kappa shape index (κ2) is 1.87. The van der Waals surface area contributed by atoms with E-state index >= 15 is 0 Å². The largest absolute Gasteiger partial charge is 0.280 e. The van der Waals surface area contributed by atoms with Gasteiger partial charge < -0.3 is 0 Å². The third-order valence-electron chi connectivity index (χ3n) is 1.28. The molecule has 1 nitrogen and oxygen atoms in total. The van der Waals surface area contributed by atoms with E-state index in [0.717, 1.165) is 5.70 Å². The van der Waals surface area contributed by atoms with Crippen molar-refractivity contribution in [3.05, 3.63) is 11.8 Å². The molecule has 0 aromatic carbocycles. The third-order valence-corrected chi connectivity index (χ3v) is 1.28. The standard InChI is InChI=1S/C9H3N/c1-3-7-10-8-4-2-6-9(10)5-1/h5H,7H2. The van der Waals surface area contributed by atoms with E-state index < -0.39 is 0 Å². The highest BCUT2D eigenvalue weighted by Crippen LogP contribution is 2.04. The van der Waals surface area contributed by atoms with Crippen molar-refractivity contribution in [1.29, 1.82) is 0 Å². The Morgan fingerprint density at radius 1 is 1.40 bits per heavy atom. The van der Waals surface area contributed by atoms with Crippen LogP contribution in [0.4, 0.5) is 0 Å². The van der Waals surface area contributed by atoms with E-state index in [9.17, 15) is 0 Å². The Balaban J connectivity index is 2.46. The maximum Gasteiger partial charge on any atom is 0.110 e. The van der Waals surface area contributed by atoms with Crippen molar-refractivity contribution in [2.45, 2.75) is 0 Å². The zero-order valence-electron chi connectivity index (χ0n) is 5.23. The highest BCUT2D eigenvalue weighted by atomic mass is 15.1. The minimum absolute atomic E-state index is 0.688. The van der Waals surface area contributed by atoms with Crippen LogP contribution in [0.3, 0.4) is 0 Å². The maximum absolute atomic E-state index is 2.91. The zero-order valence-corrected chi connectivity index (χ0v) is 5.23. The highest BCUT2D eigenvalue weighted by molar-refractivity contribution is 5.47. The normalized spacial score (nSPS) is 16.0. The van der Waals surface area contributed by atoms with Crippen LogP contribution in [-0.4, -0.2) is 11.4 Å². The van der Waals surface area contributed by atoms with Crippen molar-refractivity contribution in [1.82, 2.24) is 4.90 Å². The van der Waals surface area contributed by atoms with Gasteiger partial charge in [0.1, 0.15) is 5.70 Å². The molecular weight excluding hydrogens is 122 g/mol. The van der Waals surface area contributed by atoms with Crippen molar-refractivity contribution < 1.29 is 0 Å². The van der Waals surface area contributed by atoms with Crippen LogP contribution in [0.1, 0.15) is 0 Å². The van der Waals surface area contributed by atoms with Crippen LogP contribution in [0.15, 0.2) is 11.8 Å². The molecule has 0 bridgehead atoms. The summed E-state index contributed by atoms with van der Waals surface area (Å²) in [6.45, 7) is 0.688. The molecule has 0 radical (unpaired) electrons. The van der Waals surface area contributed by atoms with Crippen LogP contribution in [0.5, 0.6) is 0 Å². The van der Waals surface area contributed by atoms with Gasteiger partial charge >= 0.3 is 0 Å². The van der Waals surface area contributed by atoms with Crippen molar-refractivity contribution in [3.63, 3.8) is 0 Å². The lowest BCUT2D eigenvalue weighted by molar-refractivity contribution is 0.573. The summed E-state index contributed by atoms with van der Waals surface area (Å²) >= 11 is 0. The average molecular weight is 125 g/mol. The molecule has 0 spiro atoms. The molecule has 0 saturated carbocycles. The van der Waals surface area contributed by atoms with Crippen LogP contribution in [-0.2, 0) is 0 Å². The van der Waals surface area contributed by atoms with Gasteiger partial charge in [-0.2, -0.15) is 0 Å². The SMILES string of the molecule is C1#CC2=CC#CCN2C#C1. The fourth-order valence-corrected chi connectivity index (χ4v) is 0.801. The van der Waals surface area contributed by atoms with Gasteiger partial charge in [0, 0.05) is 18.0 Å². The van der Waals surface area contributed by atoms with Crippen LogP contribution >= 0.6 is 0 Å². The predicted octanol–water partition coefficient (Wildman–Crippen LogP) is 0.167. The molecule has 44 valence electrons. The summed E-state index contributed by atoms with van der Waals surface area (Å²) in [5, 5.41) is 0. The first-order valence-corrected chi connectivity index (χ1v) is 2.94. The van der Waals surface area contributed by atoms with Gasteiger partial charge in [0.15, 0.2) is 0 Å². The molecule has 0 aliphatic carbocycles. The molecule has 0 amide bonds. The molecule has 0 aromatic heterocycles. The number of rotatable bonds is 0. The number of hydrogen-bond donors (Lipinski definition) is 0. The lowest BCUT2D eigenvalue weighted by Crippen LogP contribution is -2.19. The van der Waals surface area contributed by atoms with Gasteiger partial charge in [-0.15, -0.1) is 0 Å². The topological polar surface area (TPSA) is 3.24 Å². The Morgan fingerprint density at radius 3 is 3.30 bits per heavy atom. The maximum atomic E-state index is 2.91. The molecule has 0 saturated heterocycles. The first-order chi connectivity index (χ1) is 4.97. The number of hydrogen-bond acceptors (Lipinski definition) is 1. The molecule has 0 N–H and O–H groups in total. The molecule has 0 fully saturated rings. The van der Waals surface area contributed by atoms with Crippen LogP contribution in [0.2, 0.25) is 0 Å². The van der Waals surface area contributed by atoms with Gasteiger partial charge in [-0.1, -0.05) is 11.8 Å². The van der Waals surface area contributed by atoms with Crippen molar-refractivity contribution in [3.8, 4) is 35.6 Å². The summed E-state index contributed by atoms with van der Waals surface area (Å²) < 4.78 is 0. The van der Waals surface area contributed by atoms with Gasteiger partial charge in [0.25, 0.3) is 0 Å². The minimum Gasteiger partial charge on any atom is -0.280 e. The lowest BCUT2D eigenvalue weighted by Gasteiger charge is -2.15. The molecule has 0 aromatic rings. The van der Waals surface area contributed by atoms with E-state index in [1.165, 1.54) is 0 Å². The zero-order chi connectivity index (χ0) is 6.81. The Labute approximate surface area is 59.7 Å². The Hall–Kier alpha value is -1.78. The van der Waals surface area contributed by atoms with E-state index in [-0.39, 0.29) is 0 Å². The second-order valence-corrected chi connectivity index (χ2v) is 1.92. The van der Waals surface area contributed by atoms with Gasteiger partial charge in [-0.3, -0.25) is 4.90 Å². The molecule has 0 atom stereocenters. The van der Waals surface area contributed by atoms with Crippen molar-refractivity contribution in [2.75, 3.05) is 6.54 Å². The molecule has 2 heterocycles. The highest BCUT2D eigenvalue weighted by Gasteiger charge is 2.06. The third kappa shape index (κ3) is 0.644. The molecule has 2 aliphatic rings. The second-order valence-electron chi connectivity index (χ2n) is 1.92. The van der Waals surface area contributed by atoms with E-state index in [4.69, 9.17) is 0 Å². The number of allylic oxidation sites excluding steroid dienone is 2. The average Bonchev–Trinajstić information content (AvgIpc) is 2.05. The molecule has 2 aliphatic heterocycles. The van der Waals surface area contributed by atoms with E-state index in [1.807, 2.05) is 4.90 Å². The van der Waals surface area contributed by atoms with Gasteiger partial charge in [0.05, 0.1) is 6.54 Å². The van der Waals surface area contributed by atoms with Gasteiger partial charge in [0.2, 0.25) is 0 Å². The monoisotopic (exact) mass is 125 g/mol. The quantitative estimate of drug-likeness (QED) is 0.417. The molecular formula is C9H3N. The first kappa shape index (κ1) is 5.04.